The second-order valence-electron chi connectivity index (χ2n) is 2.60. The molecule has 0 heterocycles. The molecule has 0 saturated heterocycles. The molecule has 0 N–H and O–H groups in total. The fraction of sp³-hybridized carbons (Fsp3) is 0.778. The van der Waals surface area contributed by atoms with Crippen LogP contribution in [0.3, 0.4) is 0 Å². The van der Waals surface area contributed by atoms with Crippen molar-refractivity contribution in [2.45, 2.75) is 45.4 Å². The minimum absolute atomic E-state index is 0.413. The Kier molecular flexibility index (Phi) is 6.56. The summed E-state index contributed by atoms with van der Waals surface area (Å²) in [6.45, 7) is 5.76. The van der Waals surface area contributed by atoms with Gasteiger partial charge in [0.15, 0.2) is 0 Å². The lowest BCUT2D eigenvalue weighted by atomic mass is 10.1. The fourth-order valence-electron chi connectivity index (χ4n) is 0.903. The van der Waals surface area contributed by atoms with Gasteiger partial charge in [-0.05, 0) is 12.8 Å². The van der Waals surface area contributed by atoms with Gasteiger partial charge in [0.2, 0.25) is 0 Å². The van der Waals surface area contributed by atoms with Crippen LogP contribution in [0.25, 0.3) is 0 Å². The van der Waals surface area contributed by atoms with Crippen LogP contribution < -0.4 is 0 Å². The van der Waals surface area contributed by atoms with Crippen LogP contribution in [0, 0.1) is 6.92 Å². The molecule has 10 heavy (non-hydrogen) atoms. The van der Waals surface area contributed by atoms with Gasteiger partial charge in [-0.15, -0.1) is 0 Å². The van der Waals surface area contributed by atoms with Crippen LogP contribution in [-0.4, -0.2) is 5.78 Å². The molecule has 0 aliphatic carbocycles. The van der Waals surface area contributed by atoms with Gasteiger partial charge in [-0.1, -0.05) is 26.7 Å². The Balaban J connectivity index is 3.05. The monoisotopic (exact) mass is 141 g/mol. The third-order valence-electron chi connectivity index (χ3n) is 1.48. The Morgan fingerprint density at radius 3 is 2.50 bits per heavy atom. The highest BCUT2D eigenvalue weighted by Gasteiger charge is 1.97. The van der Waals surface area contributed by atoms with Crippen molar-refractivity contribution in [3.05, 3.63) is 6.92 Å². The van der Waals surface area contributed by atoms with Crippen LogP contribution in [0.2, 0.25) is 0 Å². The van der Waals surface area contributed by atoms with E-state index in [9.17, 15) is 4.79 Å². The Bertz CT molecular complexity index is 86.7. The standard InChI is InChI=1S/C9H17O/c1-3-5-6-8-9(10)7-4-2/h1,3-8H2,2H3. The zero-order valence-corrected chi connectivity index (χ0v) is 6.86. The van der Waals surface area contributed by atoms with Gasteiger partial charge >= 0.3 is 0 Å². The highest BCUT2D eigenvalue weighted by molar-refractivity contribution is 5.78. The summed E-state index contributed by atoms with van der Waals surface area (Å²) in [6.07, 6.45) is 5.60. The first kappa shape index (κ1) is 9.67. The zero-order valence-electron chi connectivity index (χ0n) is 6.86. The largest absolute Gasteiger partial charge is 0.300 e. The molecule has 0 atom stereocenters. The summed E-state index contributed by atoms with van der Waals surface area (Å²) >= 11 is 0. The van der Waals surface area contributed by atoms with Crippen LogP contribution in [0.4, 0.5) is 0 Å². The third-order valence-corrected chi connectivity index (χ3v) is 1.48. The van der Waals surface area contributed by atoms with E-state index < -0.39 is 0 Å². The molecule has 0 unspecified atom stereocenters. The van der Waals surface area contributed by atoms with Gasteiger partial charge in [-0.2, -0.15) is 0 Å². The summed E-state index contributed by atoms with van der Waals surface area (Å²) in [5.41, 5.74) is 0. The molecule has 0 aliphatic rings. The van der Waals surface area contributed by atoms with Gasteiger partial charge in [0.05, 0.1) is 0 Å². The minimum Gasteiger partial charge on any atom is -0.300 e. The second-order valence-corrected chi connectivity index (χ2v) is 2.60. The van der Waals surface area contributed by atoms with E-state index in [0.29, 0.717) is 5.78 Å². The van der Waals surface area contributed by atoms with Crippen LogP contribution >= 0.6 is 0 Å². The first-order chi connectivity index (χ1) is 4.81. The van der Waals surface area contributed by atoms with Crippen LogP contribution in [0.5, 0.6) is 0 Å². The third kappa shape index (κ3) is 5.80. The van der Waals surface area contributed by atoms with Crippen molar-refractivity contribution in [3.8, 4) is 0 Å². The van der Waals surface area contributed by atoms with Gasteiger partial charge in [0, 0.05) is 12.8 Å². The highest BCUT2D eigenvalue weighted by Crippen LogP contribution is 2.02. The summed E-state index contributed by atoms with van der Waals surface area (Å²) in [6, 6.07) is 0. The van der Waals surface area contributed by atoms with Gasteiger partial charge in [0.25, 0.3) is 0 Å². The van der Waals surface area contributed by atoms with Crippen LogP contribution in [0.1, 0.15) is 45.4 Å². The lowest BCUT2D eigenvalue weighted by Crippen LogP contribution is -1.95. The zero-order chi connectivity index (χ0) is 7.82. The van der Waals surface area contributed by atoms with Crippen molar-refractivity contribution in [2.24, 2.45) is 0 Å². The normalized spacial score (nSPS) is 9.80. The summed E-state index contributed by atoms with van der Waals surface area (Å²) in [4.78, 5) is 10.9. The SMILES string of the molecule is [CH2]CCCCC(=O)CCC. The number of hydrogen-bond donors (Lipinski definition) is 0. The Morgan fingerprint density at radius 1 is 1.30 bits per heavy atom. The maximum atomic E-state index is 10.9. The first-order valence-electron chi connectivity index (χ1n) is 4.12. The number of unbranched alkanes of at least 4 members (excludes halogenated alkanes) is 2. The minimum atomic E-state index is 0.413. The molecule has 0 bridgehead atoms. The molecule has 0 aromatic rings. The Morgan fingerprint density at radius 2 is 2.00 bits per heavy atom. The van der Waals surface area contributed by atoms with Crippen molar-refractivity contribution < 1.29 is 4.79 Å². The van der Waals surface area contributed by atoms with E-state index in [1.807, 2.05) is 6.92 Å². The molecule has 0 saturated carbocycles. The summed E-state index contributed by atoms with van der Waals surface area (Å²) in [5, 5.41) is 0. The van der Waals surface area contributed by atoms with Crippen LogP contribution in [0.15, 0.2) is 0 Å². The van der Waals surface area contributed by atoms with E-state index in [-0.39, 0.29) is 0 Å². The molecule has 0 rings (SSSR count). The van der Waals surface area contributed by atoms with Crippen molar-refractivity contribution in [1.82, 2.24) is 0 Å². The first-order valence-corrected chi connectivity index (χ1v) is 4.12. The number of hydrogen-bond acceptors (Lipinski definition) is 1. The summed E-state index contributed by atoms with van der Waals surface area (Å²) < 4.78 is 0. The molecule has 0 aliphatic heterocycles. The van der Waals surface area contributed by atoms with Crippen LogP contribution in [-0.2, 0) is 4.79 Å². The number of carbonyl (C=O) groups excluding carboxylic acids is 1. The van der Waals surface area contributed by atoms with Crippen molar-refractivity contribution in [3.63, 3.8) is 0 Å². The maximum absolute atomic E-state index is 10.9. The van der Waals surface area contributed by atoms with Gasteiger partial charge in [0.1, 0.15) is 5.78 Å². The van der Waals surface area contributed by atoms with Gasteiger partial charge < -0.3 is 0 Å². The van der Waals surface area contributed by atoms with E-state index in [2.05, 4.69) is 6.92 Å². The lowest BCUT2D eigenvalue weighted by molar-refractivity contribution is -0.119. The summed E-state index contributed by atoms with van der Waals surface area (Å²) in [5.74, 6) is 0.413. The van der Waals surface area contributed by atoms with Gasteiger partial charge in [-0.3, -0.25) is 4.79 Å². The van der Waals surface area contributed by atoms with Crippen molar-refractivity contribution in [2.75, 3.05) is 0 Å². The molecule has 1 nitrogen and oxygen atoms in total. The number of carbonyl (C=O) groups is 1. The molecule has 0 aromatic heterocycles. The van der Waals surface area contributed by atoms with E-state index >= 15 is 0 Å². The van der Waals surface area contributed by atoms with E-state index in [1.54, 1.807) is 0 Å². The Labute approximate surface area is 63.8 Å². The fourth-order valence-corrected chi connectivity index (χ4v) is 0.903. The van der Waals surface area contributed by atoms with Crippen molar-refractivity contribution in [1.29, 1.82) is 0 Å². The van der Waals surface area contributed by atoms with E-state index in [4.69, 9.17) is 0 Å². The predicted octanol–water partition coefficient (Wildman–Crippen LogP) is 2.75. The molecule has 1 radical (unpaired) electrons. The molecule has 0 fully saturated rings. The van der Waals surface area contributed by atoms with E-state index in [1.165, 1.54) is 0 Å². The molecular weight excluding hydrogens is 124 g/mol. The lowest BCUT2D eigenvalue weighted by Gasteiger charge is -1.96. The average Bonchev–Trinajstić information content (AvgIpc) is 1.89. The second kappa shape index (κ2) is 6.79. The molecule has 59 valence electrons. The topological polar surface area (TPSA) is 17.1 Å². The van der Waals surface area contributed by atoms with Gasteiger partial charge in [-0.25, -0.2) is 0 Å². The average molecular weight is 141 g/mol. The molecular formula is C9H17O. The molecule has 1 heteroatoms. The maximum Gasteiger partial charge on any atom is 0.132 e. The Hall–Kier alpha value is -0.330. The van der Waals surface area contributed by atoms with Crippen molar-refractivity contribution >= 4 is 5.78 Å². The highest BCUT2D eigenvalue weighted by atomic mass is 16.1. The van der Waals surface area contributed by atoms with E-state index in [0.717, 1.165) is 38.5 Å². The number of ketones is 1. The molecule has 0 amide bonds. The smallest absolute Gasteiger partial charge is 0.132 e. The number of rotatable bonds is 6. The summed E-state index contributed by atoms with van der Waals surface area (Å²) in [7, 11) is 0. The predicted molar refractivity (Wildman–Crippen MR) is 43.7 cm³/mol. The quantitative estimate of drug-likeness (QED) is 0.520. The molecule has 0 spiro atoms. The number of Topliss-reactive ketones (excluding diaryl/α,β-unsaturated/α-hetero) is 1. The molecule has 0 aromatic carbocycles.